The van der Waals surface area contributed by atoms with Gasteiger partial charge in [-0.15, -0.1) is 0 Å². The topological polar surface area (TPSA) is 65.5 Å². The zero-order valence-electron chi connectivity index (χ0n) is 16.9. The summed E-state index contributed by atoms with van der Waals surface area (Å²) in [6.07, 6.45) is 2.34. The highest BCUT2D eigenvalue weighted by atomic mass is 16.1. The Morgan fingerprint density at radius 1 is 0.929 bits per heavy atom. The van der Waals surface area contributed by atoms with E-state index in [0.29, 0.717) is 18.9 Å². The first kappa shape index (κ1) is 21.5. The second kappa shape index (κ2) is 12.5. The molecule has 5 nitrogen and oxygen atoms in total. The molecule has 0 aliphatic rings. The predicted octanol–water partition coefficient (Wildman–Crippen LogP) is 3.09. The molecule has 0 bridgehead atoms. The van der Waals surface area contributed by atoms with Crippen molar-refractivity contribution in [1.29, 1.82) is 0 Å². The first-order valence-corrected chi connectivity index (χ1v) is 10.0. The lowest BCUT2D eigenvalue weighted by Crippen LogP contribution is -2.41. The molecule has 0 aliphatic carbocycles. The Bertz CT molecular complexity index is 716. The summed E-state index contributed by atoms with van der Waals surface area (Å²) in [5.41, 5.74) is 2.61. The van der Waals surface area contributed by atoms with E-state index in [2.05, 4.69) is 69.5 Å². The van der Waals surface area contributed by atoms with E-state index in [-0.39, 0.29) is 5.91 Å². The Morgan fingerprint density at radius 2 is 1.61 bits per heavy atom. The van der Waals surface area contributed by atoms with Gasteiger partial charge in [-0.05, 0) is 24.0 Å². The molecule has 0 saturated heterocycles. The maximum Gasteiger partial charge on any atom is 0.221 e. The number of nitrogens with zero attached hydrogens (tertiary/aromatic N) is 1. The SMILES string of the molecule is CCCNC(=O)CCNC(=NC)NCC(Cc1ccccc1)c1ccccc1. The van der Waals surface area contributed by atoms with Crippen molar-refractivity contribution in [2.45, 2.75) is 32.1 Å². The molecule has 2 rings (SSSR count). The monoisotopic (exact) mass is 380 g/mol. The minimum atomic E-state index is 0.0658. The van der Waals surface area contributed by atoms with Crippen molar-refractivity contribution in [3.05, 3.63) is 71.8 Å². The Kier molecular flexibility index (Phi) is 9.62. The standard InChI is InChI=1S/C23H32N4O/c1-3-15-25-22(28)14-16-26-23(24-2)27-18-21(20-12-8-5-9-13-20)17-19-10-6-4-7-11-19/h4-13,21H,3,14-18H2,1-2H3,(H,25,28)(H2,24,26,27). The second-order valence-corrected chi connectivity index (χ2v) is 6.78. The summed E-state index contributed by atoms with van der Waals surface area (Å²) in [4.78, 5) is 16.0. The molecule has 3 N–H and O–H groups in total. The van der Waals surface area contributed by atoms with Crippen LogP contribution in [0.2, 0.25) is 0 Å². The lowest BCUT2D eigenvalue weighted by atomic mass is 9.92. The fourth-order valence-corrected chi connectivity index (χ4v) is 3.02. The van der Waals surface area contributed by atoms with Gasteiger partial charge in [0.15, 0.2) is 5.96 Å². The quantitative estimate of drug-likeness (QED) is 0.438. The summed E-state index contributed by atoms with van der Waals surface area (Å²) >= 11 is 0. The van der Waals surface area contributed by atoms with Crippen LogP contribution in [0, 0.1) is 0 Å². The molecule has 0 saturated carbocycles. The Labute approximate surface area is 168 Å². The van der Waals surface area contributed by atoms with Crippen LogP contribution in [0.4, 0.5) is 0 Å². The largest absolute Gasteiger partial charge is 0.356 e. The van der Waals surface area contributed by atoms with Gasteiger partial charge in [-0.3, -0.25) is 9.79 Å². The lowest BCUT2D eigenvalue weighted by Gasteiger charge is -2.20. The molecule has 0 heterocycles. The van der Waals surface area contributed by atoms with Gasteiger partial charge >= 0.3 is 0 Å². The summed E-state index contributed by atoms with van der Waals surface area (Å²) in [5, 5.41) is 9.52. The highest BCUT2D eigenvalue weighted by Gasteiger charge is 2.13. The van der Waals surface area contributed by atoms with E-state index in [1.807, 2.05) is 19.1 Å². The van der Waals surface area contributed by atoms with E-state index in [1.54, 1.807) is 7.05 Å². The molecule has 5 heteroatoms. The van der Waals surface area contributed by atoms with Crippen LogP contribution in [-0.2, 0) is 11.2 Å². The van der Waals surface area contributed by atoms with Gasteiger partial charge in [0, 0.05) is 39.0 Å². The Balaban J connectivity index is 1.89. The second-order valence-electron chi connectivity index (χ2n) is 6.78. The van der Waals surface area contributed by atoms with E-state index >= 15 is 0 Å². The van der Waals surface area contributed by atoms with Gasteiger partial charge in [0.25, 0.3) is 0 Å². The third-order valence-corrected chi connectivity index (χ3v) is 4.55. The molecule has 1 atom stereocenters. The zero-order chi connectivity index (χ0) is 20.0. The highest BCUT2D eigenvalue weighted by Crippen LogP contribution is 2.20. The van der Waals surface area contributed by atoms with Crippen LogP contribution in [0.5, 0.6) is 0 Å². The Hall–Kier alpha value is -2.82. The number of hydrogen-bond donors (Lipinski definition) is 3. The number of hydrogen-bond acceptors (Lipinski definition) is 2. The van der Waals surface area contributed by atoms with Crippen molar-refractivity contribution >= 4 is 11.9 Å². The van der Waals surface area contributed by atoms with E-state index in [0.717, 1.165) is 31.9 Å². The van der Waals surface area contributed by atoms with Gasteiger partial charge in [-0.25, -0.2) is 0 Å². The van der Waals surface area contributed by atoms with Crippen LogP contribution >= 0.6 is 0 Å². The zero-order valence-corrected chi connectivity index (χ0v) is 16.9. The van der Waals surface area contributed by atoms with Crippen molar-refractivity contribution in [1.82, 2.24) is 16.0 Å². The summed E-state index contributed by atoms with van der Waals surface area (Å²) in [7, 11) is 1.75. The average molecular weight is 381 g/mol. The van der Waals surface area contributed by atoms with Crippen molar-refractivity contribution < 1.29 is 4.79 Å². The summed E-state index contributed by atoms with van der Waals surface area (Å²) in [5.74, 6) is 1.11. The van der Waals surface area contributed by atoms with E-state index < -0.39 is 0 Å². The summed E-state index contributed by atoms with van der Waals surface area (Å²) < 4.78 is 0. The smallest absolute Gasteiger partial charge is 0.221 e. The molecular weight excluding hydrogens is 348 g/mol. The molecular formula is C23H32N4O. The van der Waals surface area contributed by atoms with Gasteiger partial charge < -0.3 is 16.0 Å². The molecule has 0 spiro atoms. The van der Waals surface area contributed by atoms with Gasteiger partial charge in [0.2, 0.25) is 5.91 Å². The van der Waals surface area contributed by atoms with Crippen molar-refractivity contribution in [2.75, 3.05) is 26.7 Å². The number of carbonyl (C=O) groups is 1. The summed E-state index contributed by atoms with van der Waals surface area (Å²) in [6.45, 7) is 4.09. The van der Waals surface area contributed by atoms with E-state index in [9.17, 15) is 4.79 Å². The summed E-state index contributed by atoms with van der Waals surface area (Å²) in [6, 6.07) is 21.1. The van der Waals surface area contributed by atoms with Crippen LogP contribution < -0.4 is 16.0 Å². The minimum absolute atomic E-state index is 0.0658. The lowest BCUT2D eigenvalue weighted by molar-refractivity contribution is -0.120. The van der Waals surface area contributed by atoms with Gasteiger partial charge in [-0.2, -0.15) is 0 Å². The number of guanidine groups is 1. The number of amides is 1. The van der Waals surface area contributed by atoms with Crippen molar-refractivity contribution in [2.24, 2.45) is 4.99 Å². The number of benzene rings is 2. The molecule has 0 aromatic heterocycles. The predicted molar refractivity (Wildman–Crippen MR) is 117 cm³/mol. The Morgan fingerprint density at radius 3 is 2.25 bits per heavy atom. The highest BCUT2D eigenvalue weighted by molar-refractivity contribution is 5.81. The van der Waals surface area contributed by atoms with Crippen LogP contribution in [0.3, 0.4) is 0 Å². The van der Waals surface area contributed by atoms with Gasteiger partial charge in [0.1, 0.15) is 0 Å². The normalized spacial score (nSPS) is 12.3. The molecule has 0 radical (unpaired) electrons. The maximum atomic E-state index is 11.7. The number of aliphatic imine (C=N–C) groups is 1. The average Bonchev–Trinajstić information content (AvgIpc) is 2.75. The molecule has 2 aromatic rings. The number of nitrogens with one attached hydrogen (secondary N) is 3. The first-order valence-electron chi connectivity index (χ1n) is 10.0. The third-order valence-electron chi connectivity index (χ3n) is 4.55. The van der Waals surface area contributed by atoms with Crippen molar-refractivity contribution in [3.63, 3.8) is 0 Å². The van der Waals surface area contributed by atoms with Crippen LogP contribution in [0.15, 0.2) is 65.7 Å². The molecule has 1 amide bonds. The maximum absolute atomic E-state index is 11.7. The van der Waals surface area contributed by atoms with Crippen LogP contribution in [-0.4, -0.2) is 38.5 Å². The number of carbonyl (C=O) groups excluding carboxylic acids is 1. The van der Waals surface area contributed by atoms with Crippen molar-refractivity contribution in [3.8, 4) is 0 Å². The molecule has 28 heavy (non-hydrogen) atoms. The van der Waals surface area contributed by atoms with E-state index in [1.165, 1.54) is 11.1 Å². The van der Waals surface area contributed by atoms with Crippen LogP contribution in [0.1, 0.15) is 36.8 Å². The molecule has 0 fully saturated rings. The van der Waals surface area contributed by atoms with Gasteiger partial charge in [0.05, 0.1) is 0 Å². The van der Waals surface area contributed by atoms with E-state index in [4.69, 9.17) is 0 Å². The fourth-order valence-electron chi connectivity index (χ4n) is 3.02. The van der Waals surface area contributed by atoms with Gasteiger partial charge in [-0.1, -0.05) is 67.6 Å². The number of rotatable bonds is 10. The van der Waals surface area contributed by atoms with Crippen LogP contribution in [0.25, 0.3) is 0 Å². The molecule has 1 unspecified atom stereocenters. The fraction of sp³-hybridized carbons (Fsp3) is 0.391. The third kappa shape index (κ3) is 7.82. The first-order chi connectivity index (χ1) is 13.7. The molecule has 2 aromatic carbocycles. The minimum Gasteiger partial charge on any atom is -0.356 e. The molecule has 150 valence electrons. The molecule has 0 aliphatic heterocycles.